The van der Waals surface area contributed by atoms with Crippen molar-refractivity contribution in [2.24, 2.45) is 0 Å². The van der Waals surface area contributed by atoms with E-state index < -0.39 is 0 Å². The van der Waals surface area contributed by atoms with E-state index in [-0.39, 0.29) is 0 Å². The van der Waals surface area contributed by atoms with Crippen LogP contribution in [0.5, 0.6) is 5.75 Å². The van der Waals surface area contributed by atoms with Crippen LogP contribution in [0.3, 0.4) is 0 Å². The maximum Gasteiger partial charge on any atom is 0.199 e. The molecule has 0 aliphatic rings. The van der Waals surface area contributed by atoms with E-state index in [1.165, 1.54) is 5.56 Å². The largest absolute Gasteiger partial charge is 0.486 e. The number of aromatic amines is 1. The summed E-state index contributed by atoms with van der Waals surface area (Å²) in [5.74, 6) is 1.57. The lowest BCUT2D eigenvalue weighted by atomic mass is 10.2. The minimum absolute atomic E-state index is 0.352. The van der Waals surface area contributed by atoms with Crippen molar-refractivity contribution >= 4 is 12.2 Å². The summed E-state index contributed by atoms with van der Waals surface area (Å²) in [7, 11) is 0. The molecule has 0 radical (unpaired) electrons. The lowest BCUT2D eigenvalue weighted by Gasteiger charge is -2.10. The van der Waals surface area contributed by atoms with Gasteiger partial charge in [-0.2, -0.15) is 5.10 Å². The molecule has 0 amide bonds. The zero-order valence-electron chi connectivity index (χ0n) is 12.5. The third-order valence-electron chi connectivity index (χ3n) is 3.49. The molecule has 3 rings (SSSR count). The van der Waals surface area contributed by atoms with Crippen LogP contribution in [-0.2, 0) is 6.61 Å². The average Bonchev–Trinajstić information content (AvgIpc) is 2.88. The van der Waals surface area contributed by atoms with Crippen molar-refractivity contribution in [1.82, 2.24) is 14.8 Å². The van der Waals surface area contributed by atoms with Gasteiger partial charge in [0.05, 0.1) is 5.69 Å². The number of para-hydroxylation sites is 1. The van der Waals surface area contributed by atoms with Gasteiger partial charge in [0.15, 0.2) is 10.6 Å². The molecule has 0 fully saturated rings. The number of rotatable bonds is 4. The molecule has 0 saturated heterocycles. The Hall–Kier alpha value is -2.40. The van der Waals surface area contributed by atoms with Gasteiger partial charge in [-0.15, -0.1) is 0 Å². The molecule has 0 aliphatic heterocycles. The molecule has 0 bridgehead atoms. The van der Waals surface area contributed by atoms with Gasteiger partial charge in [0.1, 0.15) is 12.4 Å². The van der Waals surface area contributed by atoms with E-state index in [0.717, 1.165) is 22.8 Å². The second-order valence-electron chi connectivity index (χ2n) is 5.17. The minimum Gasteiger partial charge on any atom is -0.486 e. The zero-order chi connectivity index (χ0) is 15.5. The number of nitrogens with one attached hydrogen (secondary N) is 1. The van der Waals surface area contributed by atoms with Crippen molar-refractivity contribution < 1.29 is 4.74 Å². The second kappa shape index (κ2) is 6.15. The zero-order valence-corrected chi connectivity index (χ0v) is 13.4. The molecule has 112 valence electrons. The molecule has 0 spiro atoms. The second-order valence-corrected chi connectivity index (χ2v) is 5.56. The van der Waals surface area contributed by atoms with Crippen LogP contribution in [0.4, 0.5) is 0 Å². The summed E-state index contributed by atoms with van der Waals surface area (Å²) < 4.78 is 8.29. The molecular formula is C17H17N3OS. The van der Waals surface area contributed by atoms with Gasteiger partial charge < -0.3 is 4.74 Å². The smallest absolute Gasteiger partial charge is 0.199 e. The topological polar surface area (TPSA) is 42.8 Å². The van der Waals surface area contributed by atoms with Crippen LogP contribution in [0.1, 0.15) is 17.0 Å². The normalized spacial score (nSPS) is 10.6. The summed E-state index contributed by atoms with van der Waals surface area (Å²) in [4.78, 5) is 0. The Balaban J connectivity index is 1.88. The first-order valence-electron chi connectivity index (χ1n) is 7.07. The Morgan fingerprint density at radius 3 is 2.55 bits per heavy atom. The highest BCUT2D eigenvalue weighted by atomic mass is 32.1. The van der Waals surface area contributed by atoms with Crippen LogP contribution in [0.25, 0.3) is 5.69 Å². The third kappa shape index (κ3) is 2.94. The van der Waals surface area contributed by atoms with E-state index in [2.05, 4.69) is 23.2 Å². The molecule has 3 aromatic rings. The van der Waals surface area contributed by atoms with Gasteiger partial charge in [0.2, 0.25) is 0 Å². The van der Waals surface area contributed by atoms with Crippen LogP contribution >= 0.6 is 12.2 Å². The number of hydrogen-bond acceptors (Lipinski definition) is 3. The molecule has 0 aliphatic carbocycles. The molecule has 1 aromatic heterocycles. The maximum atomic E-state index is 5.81. The van der Waals surface area contributed by atoms with E-state index in [9.17, 15) is 0 Å². The Morgan fingerprint density at radius 2 is 1.82 bits per heavy atom. The van der Waals surface area contributed by atoms with E-state index in [1.54, 1.807) is 0 Å². The molecular weight excluding hydrogens is 294 g/mol. The standard InChI is InChI=1S/C17H17N3OS/c1-12-7-9-14(10-8-12)21-11-16-18-19-17(22)20(16)15-6-4-3-5-13(15)2/h3-10H,11H2,1-2H3,(H,19,22). The maximum absolute atomic E-state index is 5.81. The van der Waals surface area contributed by atoms with E-state index in [0.29, 0.717) is 11.4 Å². The highest BCUT2D eigenvalue weighted by molar-refractivity contribution is 7.71. The summed E-state index contributed by atoms with van der Waals surface area (Å²) in [6.45, 7) is 4.45. The van der Waals surface area contributed by atoms with Gasteiger partial charge in [0, 0.05) is 0 Å². The fraction of sp³-hybridized carbons (Fsp3) is 0.176. The van der Waals surface area contributed by atoms with Crippen molar-refractivity contribution in [1.29, 1.82) is 0 Å². The quantitative estimate of drug-likeness (QED) is 0.737. The molecule has 0 unspecified atom stereocenters. The highest BCUT2D eigenvalue weighted by Crippen LogP contribution is 2.18. The number of H-pyrrole nitrogens is 1. The summed E-state index contributed by atoms with van der Waals surface area (Å²) in [5, 5.41) is 7.13. The van der Waals surface area contributed by atoms with Gasteiger partial charge in [-0.05, 0) is 49.8 Å². The molecule has 22 heavy (non-hydrogen) atoms. The minimum atomic E-state index is 0.352. The number of aromatic nitrogens is 3. The van der Waals surface area contributed by atoms with Crippen molar-refractivity contribution in [3.63, 3.8) is 0 Å². The highest BCUT2D eigenvalue weighted by Gasteiger charge is 2.10. The van der Waals surface area contributed by atoms with Gasteiger partial charge in [-0.1, -0.05) is 35.9 Å². The first-order valence-corrected chi connectivity index (χ1v) is 7.48. The van der Waals surface area contributed by atoms with Crippen LogP contribution in [0.15, 0.2) is 48.5 Å². The number of benzene rings is 2. The first-order chi connectivity index (χ1) is 10.6. The lowest BCUT2D eigenvalue weighted by molar-refractivity contribution is 0.293. The summed E-state index contributed by atoms with van der Waals surface area (Å²) in [6.07, 6.45) is 0. The van der Waals surface area contributed by atoms with E-state index >= 15 is 0 Å². The molecule has 5 heteroatoms. The van der Waals surface area contributed by atoms with Crippen molar-refractivity contribution in [2.45, 2.75) is 20.5 Å². The van der Waals surface area contributed by atoms with Crippen LogP contribution in [0.2, 0.25) is 0 Å². The SMILES string of the molecule is Cc1ccc(OCc2n[nH]c(=S)n2-c2ccccc2C)cc1. The van der Waals surface area contributed by atoms with Gasteiger partial charge in [0.25, 0.3) is 0 Å². The van der Waals surface area contributed by atoms with Crippen molar-refractivity contribution in [3.8, 4) is 11.4 Å². The van der Waals surface area contributed by atoms with Gasteiger partial charge in [-0.25, -0.2) is 0 Å². The van der Waals surface area contributed by atoms with E-state index in [1.807, 2.05) is 54.0 Å². The van der Waals surface area contributed by atoms with Crippen LogP contribution in [-0.4, -0.2) is 14.8 Å². The Kier molecular flexibility index (Phi) is 4.06. The molecule has 1 heterocycles. The first kappa shape index (κ1) is 14.5. The molecule has 0 saturated carbocycles. The van der Waals surface area contributed by atoms with Crippen LogP contribution in [0, 0.1) is 18.6 Å². The van der Waals surface area contributed by atoms with Gasteiger partial charge >= 0.3 is 0 Å². The molecule has 0 atom stereocenters. The predicted octanol–water partition coefficient (Wildman–Crippen LogP) is 4.13. The van der Waals surface area contributed by atoms with Crippen LogP contribution < -0.4 is 4.74 Å². The summed E-state index contributed by atoms with van der Waals surface area (Å²) in [6, 6.07) is 16.0. The molecule has 1 N–H and O–H groups in total. The summed E-state index contributed by atoms with van der Waals surface area (Å²) in [5.41, 5.74) is 3.36. The molecule has 2 aromatic carbocycles. The fourth-order valence-corrected chi connectivity index (χ4v) is 2.52. The van der Waals surface area contributed by atoms with Gasteiger partial charge in [-0.3, -0.25) is 9.67 Å². The monoisotopic (exact) mass is 311 g/mol. The Bertz CT molecular complexity index is 834. The van der Waals surface area contributed by atoms with E-state index in [4.69, 9.17) is 17.0 Å². The average molecular weight is 311 g/mol. The summed E-state index contributed by atoms with van der Waals surface area (Å²) >= 11 is 5.35. The Morgan fingerprint density at radius 1 is 1.09 bits per heavy atom. The number of hydrogen-bond donors (Lipinski definition) is 1. The number of ether oxygens (including phenoxy) is 1. The fourth-order valence-electron chi connectivity index (χ4n) is 2.27. The lowest BCUT2D eigenvalue weighted by Crippen LogP contribution is -2.07. The third-order valence-corrected chi connectivity index (χ3v) is 3.76. The number of aryl methyl sites for hydroxylation is 2. The van der Waals surface area contributed by atoms with Crippen molar-refractivity contribution in [3.05, 3.63) is 70.3 Å². The number of nitrogens with zero attached hydrogens (tertiary/aromatic N) is 2. The Labute approximate surface area is 134 Å². The predicted molar refractivity (Wildman–Crippen MR) is 89.0 cm³/mol. The van der Waals surface area contributed by atoms with Crippen molar-refractivity contribution in [2.75, 3.05) is 0 Å². The molecule has 4 nitrogen and oxygen atoms in total.